The molecule has 1 N–H and O–H groups in total. The van der Waals surface area contributed by atoms with Crippen molar-refractivity contribution in [3.05, 3.63) is 118 Å². The van der Waals surface area contributed by atoms with Crippen molar-refractivity contribution in [2.24, 2.45) is 0 Å². The van der Waals surface area contributed by atoms with Crippen molar-refractivity contribution in [2.75, 3.05) is 12.0 Å². The van der Waals surface area contributed by atoms with Gasteiger partial charge in [0.1, 0.15) is 11.5 Å². The third kappa shape index (κ3) is 3.74. The second-order valence-electron chi connectivity index (χ2n) is 8.24. The van der Waals surface area contributed by atoms with Crippen molar-refractivity contribution >= 4 is 39.6 Å². The molecule has 0 aromatic heterocycles. The van der Waals surface area contributed by atoms with Crippen LogP contribution in [0.15, 0.2) is 96.6 Å². The number of rotatable bonds is 5. The van der Waals surface area contributed by atoms with Crippen molar-refractivity contribution in [1.82, 2.24) is 0 Å². The first-order chi connectivity index (χ1) is 17.4. The maximum atomic E-state index is 13.4. The lowest BCUT2D eigenvalue weighted by Gasteiger charge is -2.26. The summed E-state index contributed by atoms with van der Waals surface area (Å²) in [7, 11) is 1.50. The molecule has 4 aromatic rings. The van der Waals surface area contributed by atoms with Crippen LogP contribution in [0.2, 0.25) is 0 Å². The number of nitrogens with zero attached hydrogens (tertiary/aromatic N) is 2. The maximum absolute atomic E-state index is 13.4. The number of Topliss-reactive ketones (excluding diaryl/α,β-unsaturated/α-hetero) is 1. The number of benzene rings is 4. The molecule has 8 heteroatoms. The Kier molecular flexibility index (Phi) is 5.69. The Bertz CT molecular complexity index is 1550. The third-order valence-electron chi connectivity index (χ3n) is 6.25. The lowest BCUT2D eigenvalue weighted by Crippen LogP contribution is -2.29. The van der Waals surface area contributed by atoms with Gasteiger partial charge in [0, 0.05) is 29.4 Å². The Morgan fingerprint density at radius 1 is 0.944 bits per heavy atom. The highest BCUT2D eigenvalue weighted by molar-refractivity contribution is 6.52. The third-order valence-corrected chi connectivity index (χ3v) is 6.25. The minimum atomic E-state index is -0.946. The standard InChI is InChI=1S/C28H20N2O6/c1-36-21-9-5-8-20(16-21)29-25(23-11-4-7-17-6-2-3-10-22(17)23)24(27(32)28(29)33)26(31)18-12-14-19(15-13-18)30(34)35/h2-16,25,31H,1H3/b26-24-. The highest BCUT2D eigenvalue weighted by Gasteiger charge is 2.47. The molecule has 178 valence electrons. The zero-order chi connectivity index (χ0) is 25.4. The first-order valence-electron chi connectivity index (χ1n) is 11.1. The topological polar surface area (TPSA) is 110 Å². The van der Waals surface area contributed by atoms with Gasteiger partial charge in [-0.3, -0.25) is 24.6 Å². The Morgan fingerprint density at radius 3 is 2.36 bits per heavy atom. The lowest BCUT2D eigenvalue weighted by molar-refractivity contribution is -0.384. The van der Waals surface area contributed by atoms with Crippen LogP contribution in [0.25, 0.3) is 16.5 Å². The molecule has 5 rings (SSSR count). The molecule has 1 aliphatic heterocycles. The van der Waals surface area contributed by atoms with Crippen LogP contribution in [0.1, 0.15) is 17.2 Å². The number of amides is 1. The van der Waals surface area contributed by atoms with E-state index in [4.69, 9.17) is 4.74 Å². The molecule has 8 nitrogen and oxygen atoms in total. The van der Waals surface area contributed by atoms with Crippen molar-refractivity contribution in [1.29, 1.82) is 0 Å². The number of ether oxygens (including phenoxy) is 1. The summed E-state index contributed by atoms with van der Waals surface area (Å²) in [6, 6.07) is 24.1. The van der Waals surface area contributed by atoms with Crippen molar-refractivity contribution in [2.45, 2.75) is 6.04 Å². The van der Waals surface area contributed by atoms with E-state index in [0.717, 1.165) is 10.8 Å². The van der Waals surface area contributed by atoms with Crippen molar-refractivity contribution < 1.29 is 24.4 Å². The predicted octanol–water partition coefficient (Wildman–Crippen LogP) is 5.38. The number of anilines is 1. The van der Waals surface area contributed by atoms with Crippen LogP contribution in [-0.2, 0) is 9.59 Å². The second kappa shape index (κ2) is 8.99. The van der Waals surface area contributed by atoms with Gasteiger partial charge in [-0.25, -0.2) is 0 Å². The van der Waals surface area contributed by atoms with Gasteiger partial charge in [0.2, 0.25) is 0 Å². The molecule has 0 saturated carbocycles. The normalized spacial score (nSPS) is 16.9. The van der Waals surface area contributed by atoms with E-state index in [1.54, 1.807) is 24.3 Å². The predicted molar refractivity (Wildman–Crippen MR) is 135 cm³/mol. The SMILES string of the molecule is COc1cccc(N2C(=O)C(=O)/C(=C(\O)c3ccc([N+](=O)[O-])cc3)C2c2cccc3ccccc23)c1. The fraction of sp³-hybridized carbons (Fsp3) is 0.0714. The van der Waals surface area contributed by atoms with E-state index in [0.29, 0.717) is 17.0 Å². The Labute approximate surface area is 205 Å². The fourth-order valence-corrected chi connectivity index (χ4v) is 4.54. The molecule has 0 aliphatic carbocycles. The second-order valence-corrected chi connectivity index (χ2v) is 8.24. The number of non-ortho nitro benzene ring substituents is 1. The number of hydrogen-bond acceptors (Lipinski definition) is 6. The number of carbonyl (C=O) groups is 2. The molecule has 0 radical (unpaired) electrons. The smallest absolute Gasteiger partial charge is 0.300 e. The van der Waals surface area contributed by atoms with Gasteiger partial charge in [-0.15, -0.1) is 0 Å². The quantitative estimate of drug-likeness (QED) is 0.135. The summed E-state index contributed by atoms with van der Waals surface area (Å²) in [6.07, 6.45) is 0. The van der Waals surface area contributed by atoms with E-state index in [-0.39, 0.29) is 16.8 Å². The van der Waals surface area contributed by atoms with Gasteiger partial charge in [0.05, 0.1) is 23.6 Å². The number of methoxy groups -OCH3 is 1. The number of fused-ring (bicyclic) bond motifs is 1. The molecule has 4 aromatic carbocycles. The average molecular weight is 480 g/mol. The number of aliphatic hydroxyl groups excluding tert-OH is 1. The van der Waals surface area contributed by atoms with E-state index in [1.165, 1.54) is 36.3 Å². The van der Waals surface area contributed by atoms with Crippen LogP contribution in [0, 0.1) is 10.1 Å². The van der Waals surface area contributed by atoms with Gasteiger partial charge in [-0.2, -0.15) is 0 Å². The number of aliphatic hydroxyl groups is 1. The molecule has 1 amide bonds. The first kappa shape index (κ1) is 22.8. The van der Waals surface area contributed by atoms with Gasteiger partial charge < -0.3 is 9.84 Å². The summed E-state index contributed by atoms with van der Waals surface area (Å²) < 4.78 is 5.32. The molecule has 1 saturated heterocycles. The molecule has 1 unspecified atom stereocenters. The molecule has 36 heavy (non-hydrogen) atoms. The zero-order valence-corrected chi connectivity index (χ0v) is 19.1. The van der Waals surface area contributed by atoms with Crippen molar-refractivity contribution in [3.63, 3.8) is 0 Å². The summed E-state index contributed by atoms with van der Waals surface area (Å²) >= 11 is 0. The zero-order valence-electron chi connectivity index (χ0n) is 19.1. The summed E-state index contributed by atoms with van der Waals surface area (Å²) in [4.78, 5) is 38.7. The molecular formula is C28H20N2O6. The number of carbonyl (C=O) groups excluding carboxylic acids is 2. The van der Waals surface area contributed by atoms with E-state index < -0.39 is 28.4 Å². The number of nitro groups is 1. The number of hydrogen-bond donors (Lipinski definition) is 1. The molecule has 1 atom stereocenters. The van der Waals surface area contributed by atoms with Gasteiger partial charge >= 0.3 is 0 Å². The number of ketones is 1. The first-order valence-corrected chi connectivity index (χ1v) is 11.1. The van der Waals surface area contributed by atoms with Crippen LogP contribution < -0.4 is 9.64 Å². The van der Waals surface area contributed by atoms with Crippen LogP contribution in [0.4, 0.5) is 11.4 Å². The van der Waals surface area contributed by atoms with Crippen LogP contribution >= 0.6 is 0 Å². The Balaban J connectivity index is 1.77. The molecule has 1 aliphatic rings. The van der Waals surface area contributed by atoms with E-state index in [2.05, 4.69) is 0 Å². The van der Waals surface area contributed by atoms with E-state index in [1.807, 2.05) is 42.5 Å². The maximum Gasteiger partial charge on any atom is 0.300 e. The molecule has 0 bridgehead atoms. The summed E-state index contributed by atoms with van der Waals surface area (Å²) in [5.41, 5.74) is 1.01. The molecule has 1 fully saturated rings. The van der Waals surface area contributed by atoms with E-state index in [9.17, 15) is 24.8 Å². The van der Waals surface area contributed by atoms with Crippen LogP contribution in [0.3, 0.4) is 0 Å². The minimum absolute atomic E-state index is 0.104. The summed E-state index contributed by atoms with van der Waals surface area (Å²) in [5.74, 6) is -1.57. The molecule has 1 heterocycles. The summed E-state index contributed by atoms with van der Waals surface area (Å²) in [6.45, 7) is 0. The lowest BCUT2D eigenvalue weighted by atomic mass is 9.91. The van der Waals surface area contributed by atoms with Gasteiger partial charge in [-0.1, -0.05) is 48.5 Å². The highest BCUT2D eigenvalue weighted by atomic mass is 16.6. The molecule has 0 spiro atoms. The molecular weight excluding hydrogens is 460 g/mol. The van der Waals surface area contributed by atoms with Gasteiger partial charge in [0.25, 0.3) is 17.4 Å². The van der Waals surface area contributed by atoms with Gasteiger partial charge in [-0.05, 0) is 40.6 Å². The van der Waals surface area contributed by atoms with Crippen molar-refractivity contribution in [3.8, 4) is 5.75 Å². The average Bonchev–Trinajstić information content (AvgIpc) is 3.17. The van der Waals surface area contributed by atoms with Crippen LogP contribution in [0.5, 0.6) is 5.75 Å². The highest BCUT2D eigenvalue weighted by Crippen LogP contribution is 2.44. The van der Waals surface area contributed by atoms with E-state index >= 15 is 0 Å². The van der Waals surface area contributed by atoms with Gasteiger partial charge in [0.15, 0.2) is 0 Å². The van der Waals surface area contributed by atoms with Crippen LogP contribution in [-0.4, -0.2) is 28.8 Å². The largest absolute Gasteiger partial charge is 0.507 e. The number of nitro benzene ring substituents is 1. The Morgan fingerprint density at radius 2 is 1.64 bits per heavy atom. The monoisotopic (exact) mass is 480 g/mol. The fourth-order valence-electron chi connectivity index (χ4n) is 4.54. The minimum Gasteiger partial charge on any atom is -0.507 e. The Hall–Kier alpha value is -4.98. The summed E-state index contributed by atoms with van der Waals surface area (Å²) in [5, 5.41) is 24.1.